The molecule has 0 bridgehead atoms. The van der Waals surface area contributed by atoms with Crippen LogP contribution in [0, 0.1) is 5.82 Å². The first kappa shape index (κ1) is 21.1. The Hall–Kier alpha value is -3.19. The molecule has 2 aromatic heterocycles. The van der Waals surface area contributed by atoms with Crippen LogP contribution in [0.2, 0.25) is 0 Å². The number of furan rings is 1. The fraction of sp³-hybridized carbons (Fsp3) is 0.250. The van der Waals surface area contributed by atoms with Gasteiger partial charge < -0.3 is 9.15 Å². The molecule has 4 rings (SSSR count). The van der Waals surface area contributed by atoms with Gasteiger partial charge in [0.25, 0.3) is 5.91 Å². The topological polar surface area (TPSA) is 55.6 Å². The fourth-order valence-corrected chi connectivity index (χ4v) is 4.17. The molecule has 2 heterocycles. The Balaban J connectivity index is 1.58. The van der Waals surface area contributed by atoms with Crippen molar-refractivity contribution in [1.82, 2.24) is 4.98 Å². The van der Waals surface area contributed by atoms with E-state index in [-0.39, 0.29) is 18.0 Å². The van der Waals surface area contributed by atoms with Crippen LogP contribution in [-0.2, 0) is 6.54 Å². The molecule has 2 aromatic carbocycles. The van der Waals surface area contributed by atoms with E-state index in [2.05, 4.69) is 11.9 Å². The van der Waals surface area contributed by atoms with Crippen LogP contribution in [0.4, 0.5) is 9.52 Å². The second kappa shape index (κ2) is 9.75. The maximum Gasteiger partial charge on any atom is 0.260 e. The summed E-state index contributed by atoms with van der Waals surface area (Å²) in [6, 6.07) is 15.4. The van der Waals surface area contributed by atoms with Crippen molar-refractivity contribution in [3.8, 4) is 5.75 Å². The highest BCUT2D eigenvalue weighted by molar-refractivity contribution is 7.22. The summed E-state index contributed by atoms with van der Waals surface area (Å²) in [5.74, 6) is 0.694. The number of aromatic nitrogens is 1. The van der Waals surface area contributed by atoms with Crippen LogP contribution < -0.4 is 9.64 Å². The van der Waals surface area contributed by atoms with Gasteiger partial charge >= 0.3 is 0 Å². The lowest BCUT2D eigenvalue weighted by Crippen LogP contribution is -2.30. The molecule has 5 nitrogen and oxygen atoms in total. The molecule has 7 heteroatoms. The number of halogens is 1. The predicted octanol–water partition coefficient (Wildman–Crippen LogP) is 6.44. The van der Waals surface area contributed by atoms with E-state index in [9.17, 15) is 9.18 Å². The number of carbonyl (C=O) groups is 1. The monoisotopic (exact) mass is 438 g/mol. The average molecular weight is 439 g/mol. The molecule has 0 fully saturated rings. The Bertz CT molecular complexity index is 1140. The number of nitrogens with zero attached hydrogens (tertiary/aromatic N) is 2. The fourth-order valence-electron chi connectivity index (χ4n) is 3.20. The summed E-state index contributed by atoms with van der Waals surface area (Å²) in [6.07, 6.45) is 4.82. The molecule has 0 aliphatic rings. The summed E-state index contributed by atoms with van der Waals surface area (Å²) in [5.41, 5.74) is 0.753. The summed E-state index contributed by atoms with van der Waals surface area (Å²) in [6.45, 7) is 3.00. The molecule has 0 aliphatic carbocycles. The smallest absolute Gasteiger partial charge is 0.260 e. The molecule has 0 radical (unpaired) electrons. The maximum atomic E-state index is 14.2. The van der Waals surface area contributed by atoms with E-state index in [4.69, 9.17) is 9.15 Å². The zero-order valence-electron chi connectivity index (χ0n) is 17.2. The van der Waals surface area contributed by atoms with Crippen molar-refractivity contribution in [2.24, 2.45) is 0 Å². The van der Waals surface area contributed by atoms with E-state index in [0.717, 1.165) is 25.0 Å². The number of hydrogen-bond donors (Lipinski definition) is 0. The van der Waals surface area contributed by atoms with Crippen LogP contribution in [0.3, 0.4) is 0 Å². The van der Waals surface area contributed by atoms with Crippen LogP contribution in [0.1, 0.15) is 42.3 Å². The van der Waals surface area contributed by atoms with E-state index < -0.39 is 5.82 Å². The van der Waals surface area contributed by atoms with Crippen molar-refractivity contribution >= 4 is 32.6 Å². The summed E-state index contributed by atoms with van der Waals surface area (Å²) < 4.78 is 26.0. The number of para-hydroxylation sites is 1. The first-order valence-corrected chi connectivity index (χ1v) is 11.1. The SMILES string of the molecule is CCCCCOc1ccc(C(=O)N(Cc2ccco2)c2nc3c(F)cccc3s2)cc1. The highest BCUT2D eigenvalue weighted by Crippen LogP contribution is 2.32. The van der Waals surface area contributed by atoms with Gasteiger partial charge in [0.15, 0.2) is 5.13 Å². The van der Waals surface area contributed by atoms with Gasteiger partial charge in [0.1, 0.15) is 22.8 Å². The molecule has 0 unspecified atom stereocenters. The molecule has 0 saturated carbocycles. The number of unbranched alkanes of at least 4 members (excludes halogenated alkanes) is 2. The van der Waals surface area contributed by atoms with Gasteiger partial charge in [-0.2, -0.15) is 0 Å². The van der Waals surface area contributed by atoms with Crippen molar-refractivity contribution in [3.05, 3.63) is 78.0 Å². The Kier molecular flexibility index (Phi) is 6.62. The average Bonchev–Trinajstić information content (AvgIpc) is 3.45. The largest absolute Gasteiger partial charge is 0.494 e. The number of rotatable bonds is 9. The third kappa shape index (κ3) is 4.94. The van der Waals surface area contributed by atoms with Gasteiger partial charge in [0.2, 0.25) is 0 Å². The number of benzene rings is 2. The summed E-state index contributed by atoms with van der Waals surface area (Å²) in [4.78, 5) is 19.3. The third-order valence-electron chi connectivity index (χ3n) is 4.85. The lowest BCUT2D eigenvalue weighted by molar-refractivity contribution is 0.0983. The van der Waals surface area contributed by atoms with Crippen LogP contribution in [0.5, 0.6) is 5.75 Å². The second-order valence-electron chi connectivity index (χ2n) is 7.13. The van der Waals surface area contributed by atoms with E-state index in [1.165, 1.54) is 22.3 Å². The number of ether oxygens (including phenoxy) is 1. The summed E-state index contributed by atoms with van der Waals surface area (Å²) in [7, 11) is 0. The van der Waals surface area contributed by atoms with Crippen molar-refractivity contribution in [1.29, 1.82) is 0 Å². The van der Waals surface area contributed by atoms with Gasteiger partial charge in [0.05, 0.1) is 24.1 Å². The minimum absolute atomic E-state index is 0.197. The van der Waals surface area contributed by atoms with E-state index in [0.29, 0.717) is 27.8 Å². The molecule has 0 saturated heterocycles. The van der Waals surface area contributed by atoms with E-state index >= 15 is 0 Å². The number of thiazole rings is 1. The summed E-state index contributed by atoms with van der Waals surface area (Å²) in [5, 5.41) is 0.418. The Labute approximate surface area is 184 Å². The minimum Gasteiger partial charge on any atom is -0.494 e. The van der Waals surface area contributed by atoms with E-state index in [1.807, 2.05) is 0 Å². The van der Waals surface area contributed by atoms with E-state index in [1.54, 1.807) is 54.8 Å². The van der Waals surface area contributed by atoms with Gasteiger partial charge in [-0.3, -0.25) is 9.69 Å². The normalized spacial score (nSPS) is 11.0. The zero-order valence-corrected chi connectivity index (χ0v) is 18.0. The van der Waals surface area contributed by atoms with Gasteiger partial charge in [0, 0.05) is 5.56 Å². The number of fused-ring (bicyclic) bond motifs is 1. The highest BCUT2D eigenvalue weighted by atomic mass is 32.1. The third-order valence-corrected chi connectivity index (χ3v) is 5.89. The molecule has 0 aliphatic heterocycles. The van der Waals surface area contributed by atoms with Gasteiger partial charge in [-0.15, -0.1) is 0 Å². The van der Waals surface area contributed by atoms with Crippen LogP contribution in [0.25, 0.3) is 10.2 Å². The van der Waals surface area contributed by atoms with Gasteiger partial charge in [-0.25, -0.2) is 9.37 Å². The van der Waals surface area contributed by atoms with Crippen LogP contribution in [-0.4, -0.2) is 17.5 Å². The molecule has 160 valence electrons. The van der Waals surface area contributed by atoms with Gasteiger partial charge in [-0.05, 0) is 55.0 Å². The van der Waals surface area contributed by atoms with Gasteiger partial charge in [-0.1, -0.05) is 37.2 Å². The van der Waals surface area contributed by atoms with Crippen LogP contribution >= 0.6 is 11.3 Å². The number of anilines is 1. The first-order chi connectivity index (χ1) is 15.2. The molecular formula is C24H23FN2O3S. The quantitative estimate of drug-likeness (QED) is 0.282. The zero-order chi connectivity index (χ0) is 21.6. The number of hydrogen-bond acceptors (Lipinski definition) is 5. The predicted molar refractivity (Wildman–Crippen MR) is 120 cm³/mol. The highest BCUT2D eigenvalue weighted by Gasteiger charge is 2.23. The number of amides is 1. The minimum atomic E-state index is -0.407. The standard InChI is InChI=1S/C24H23FN2O3S/c1-2-3-4-14-29-18-12-10-17(11-13-18)23(28)27(16-19-7-6-15-30-19)24-26-22-20(25)8-5-9-21(22)31-24/h5-13,15H,2-4,14,16H2,1H3. The molecule has 4 aromatic rings. The second-order valence-corrected chi connectivity index (χ2v) is 8.14. The molecular weight excluding hydrogens is 415 g/mol. The first-order valence-electron chi connectivity index (χ1n) is 10.3. The Morgan fingerprint density at radius 2 is 1.97 bits per heavy atom. The van der Waals surface area contributed by atoms with Crippen LogP contribution in [0.15, 0.2) is 65.3 Å². The molecule has 0 spiro atoms. The number of carbonyl (C=O) groups excluding carboxylic acids is 1. The molecule has 0 atom stereocenters. The van der Waals surface area contributed by atoms with Crippen molar-refractivity contribution in [2.45, 2.75) is 32.7 Å². The summed E-state index contributed by atoms with van der Waals surface area (Å²) >= 11 is 1.27. The van der Waals surface area contributed by atoms with Crippen molar-refractivity contribution in [2.75, 3.05) is 11.5 Å². The lowest BCUT2D eigenvalue weighted by atomic mass is 10.2. The Morgan fingerprint density at radius 1 is 1.13 bits per heavy atom. The molecule has 0 N–H and O–H groups in total. The molecule has 1 amide bonds. The van der Waals surface area contributed by atoms with Crippen molar-refractivity contribution in [3.63, 3.8) is 0 Å². The Morgan fingerprint density at radius 3 is 2.68 bits per heavy atom. The lowest BCUT2D eigenvalue weighted by Gasteiger charge is -2.19. The van der Waals surface area contributed by atoms with Crippen molar-refractivity contribution < 1.29 is 18.3 Å². The molecule has 31 heavy (non-hydrogen) atoms. The maximum absolute atomic E-state index is 14.2.